The zero-order valence-corrected chi connectivity index (χ0v) is 15.2. The van der Waals surface area contributed by atoms with Crippen LogP contribution in [0.15, 0.2) is 42.5 Å². The van der Waals surface area contributed by atoms with Crippen molar-refractivity contribution in [1.82, 2.24) is 10.3 Å². The maximum Gasteiger partial charge on any atom is 0.257 e. The second-order valence-electron chi connectivity index (χ2n) is 4.99. The minimum absolute atomic E-state index is 0.187. The van der Waals surface area contributed by atoms with Crippen LogP contribution >= 0.6 is 23.6 Å². The van der Waals surface area contributed by atoms with Gasteiger partial charge < -0.3 is 14.8 Å². The van der Waals surface area contributed by atoms with E-state index >= 15 is 0 Å². The van der Waals surface area contributed by atoms with Crippen LogP contribution in [-0.4, -0.2) is 30.2 Å². The van der Waals surface area contributed by atoms with Crippen LogP contribution in [0.25, 0.3) is 10.2 Å². The van der Waals surface area contributed by atoms with Gasteiger partial charge in [-0.2, -0.15) is 0 Å². The summed E-state index contributed by atoms with van der Waals surface area (Å²) >= 11 is 6.61. The molecule has 2 N–H and O–H groups in total. The van der Waals surface area contributed by atoms with Gasteiger partial charge in [0.1, 0.15) is 11.5 Å². The average molecular weight is 373 g/mol. The van der Waals surface area contributed by atoms with E-state index in [4.69, 9.17) is 21.7 Å². The molecule has 0 aliphatic heterocycles. The number of fused-ring (bicyclic) bond motifs is 1. The molecule has 1 amide bonds. The molecule has 0 spiro atoms. The Balaban J connectivity index is 1.66. The largest absolute Gasteiger partial charge is 0.497 e. The third-order valence-electron chi connectivity index (χ3n) is 3.40. The van der Waals surface area contributed by atoms with Gasteiger partial charge in [-0.1, -0.05) is 11.3 Å². The van der Waals surface area contributed by atoms with Gasteiger partial charge in [0.15, 0.2) is 10.2 Å². The number of thiazole rings is 1. The monoisotopic (exact) mass is 373 g/mol. The Morgan fingerprint density at radius 1 is 1.08 bits per heavy atom. The van der Waals surface area contributed by atoms with Crippen molar-refractivity contribution in [2.45, 2.75) is 0 Å². The molecule has 8 heteroatoms. The van der Waals surface area contributed by atoms with E-state index in [-0.39, 0.29) is 11.0 Å². The van der Waals surface area contributed by atoms with Crippen LogP contribution in [0.3, 0.4) is 0 Å². The highest BCUT2D eigenvalue weighted by Gasteiger charge is 2.10. The van der Waals surface area contributed by atoms with Crippen LogP contribution in [0.2, 0.25) is 0 Å². The summed E-state index contributed by atoms with van der Waals surface area (Å²) in [4.78, 5) is 16.6. The number of carbonyl (C=O) groups is 1. The molecule has 0 bridgehead atoms. The lowest BCUT2D eigenvalue weighted by atomic mass is 10.2. The molecule has 0 unspecified atom stereocenters. The second kappa shape index (κ2) is 7.45. The summed E-state index contributed by atoms with van der Waals surface area (Å²) in [7, 11) is 3.19. The molecule has 128 valence electrons. The van der Waals surface area contributed by atoms with Gasteiger partial charge in [0.25, 0.3) is 5.91 Å². The summed E-state index contributed by atoms with van der Waals surface area (Å²) in [5.41, 5.74) is 1.32. The fourth-order valence-corrected chi connectivity index (χ4v) is 3.28. The predicted octanol–water partition coefficient (Wildman–Crippen LogP) is 3.44. The Morgan fingerprint density at radius 3 is 2.44 bits per heavy atom. The molecule has 0 atom stereocenters. The molecular weight excluding hydrogens is 358 g/mol. The first kappa shape index (κ1) is 17.1. The number of nitrogens with zero attached hydrogens (tertiary/aromatic N) is 1. The second-order valence-corrected chi connectivity index (χ2v) is 6.43. The van der Waals surface area contributed by atoms with Gasteiger partial charge in [0, 0.05) is 5.56 Å². The topological polar surface area (TPSA) is 72.5 Å². The summed E-state index contributed by atoms with van der Waals surface area (Å²) in [6.45, 7) is 0. The molecule has 1 heterocycles. The summed E-state index contributed by atoms with van der Waals surface area (Å²) in [5.74, 6) is 1.14. The number of hydrogen-bond donors (Lipinski definition) is 2. The van der Waals surface area contributed by atoms with E-state index in [0.29, 0.717) is 16.4 Å². The lowest BCUT2D eigenvalue weighted by molar-refractivity contribution is 0.0977. The smallest absolute Gasteiger partial charge is 0.257 e. The van der Waals surface area contributed by atoms with Crippen LogP contribution in [0.1, 0.15) is 10.4 Å². The van der Waals surface area contributed by atoms with Gasteiger partial charge in [0.2, 0.25) is 0 Å². The van der Waals surface area contributed by atoms with E-state index in [1.807, 2.05) is 18.2 Å². The maximum atomic E-state index is 12.2. The number of aromatic nitrogens is 1. The Morgan fingerprint density at radius 2 is 1.76 bits per heavy atom. The minimum atomic E-state index is -0.303. The fourth-order valence-electron chi connectivity index (χ4n) is 2.13. The molecule has 0 aliphatic carbocycles. The van der Waals surface area contributed by atoms with Crippen molar-refractivity contribution < 1.29 is 14.3 Å². The minimum Gasteiger partial charge on any atom is -0.497 e. The van der Waals surface area contributed by atoms with E-state index in [1.165, 1.54) is 11.3 Å². The van der Waals surface area contributed by atoms with Gasteiger partial charge in [0.05, 0.1) is 24.4 Å². The molecule has 0 saturated carbocycles. The van der Waals surface area contributed by atoms with E-state index in [9.17, 15) is 4.79 Å². The van der Waals surface area contributed by atoms with Gasteiger partial charge in [-0.25, -0.2) is 4.98 Å². The van der Waals surface area contributed by atoms with Crippen molar-refractivity contribution in [3.8, 4) is 11.5 Å². The number of rotatable bonds is 4. The first-order valence-corrected chi connectivity index (χ1v) is 8.52. The van der Waals surface area contributed by atoms with E-state index in [2.05, 4.69) is 15.6 Å². The van der Waals surface area contributed by atoms with Crippen molar-refractivity contribution in [3.63, 3.8) is 0 Å². The molecule has 0 saturated heterocycles. The molecular formula is C17H15N3O3S2. The number of anilines is 1. The summed E-state index contributed by atoms with van der Waals surface area (Å²) in [6.07, 6.45) is 0. The number of methoxy groups -OCH3 is 2. The third kappa shape index (κ3) is 4.04. The number of amides is 1. The molecule has 0 aliphatic rings. The predicted molar refractivity (Wildman–Crippen MR) is 103 cm³/mol. The van der Waals surface area contributed by atoms with Crippen molar-refractivity contribution in [1.29, 1.82) is 0 Å². The van der Waals surface area contributed by atoms with Crippen LogP contribution in [0, 0.1) is 0 Å². The normalized spacial score (nSPS) is 10.3. The summed E-state index contributed by atoms with van der Waals surface area (Å²) in [6, 6.07) is 12.4. The van der Waals surface area contributed by atoms with Crippen LogP contribution in [0.5, 0.6) is 11.5 Å². The number of nitrogens with one attached hydrogen (secondary N) is 2. The zero-order valence-electron chi connectivity index (χ0n) is 13.5. The van der Waals surface area contributed by atoms with E-state index in [1.54, 1.807) is 38.5 Å². The lowest BCUT2D eigenvalue weighted by Gasteiger charge is -2.07. The van der Waals surface area contributed by atoms with Crippen molar-refractivity contribution in [2.24, 2.45) is 0 Å². The quantitative estimate of drug-likeness (QED) is 0.683. The highest BCUT2D eigenvalue weighted by molar-refractivity contribution is 7.80. The Kier molecular flexibility index (Phi) is 5.11. The molecule has 0 radical (unpaired) electrons. The SMILES string of the molecule is COc1ccc(C(=O)NC(=S)Nc2nc3ccc(OC)cc3s2)cc1. The molecule has 1 aromatic heterocycles. The third-order valence-corrected chi connectivity index (χ3v) is 4.53. The van der Waals surface area contributed by atoms with Crippen molar-refractivity contribution in [2.75, 3.05) is 19.5 Å². The highest BCUT2D eigenvalue weighted by Crippen LogP contribution is 2.29. The number of thiocarbonyl (C=S) groups is 1. The summed E-state index contributed by atoms with van der Waals surface area (Å²) < 4.78 is 11.2. The van der Waals surface area contributed by atoms with Crippen LogP contribution < -0.4 is 20.1 Å². The molecule has 3 aromatic rings. The van der Waals surface area contributed by atoms with Gasteiger partial charge in [-0.3, -0.25) is 10.1 Å². The van der Waals surface area contributed by atoms with Crippen molar-refractivity contribution in [3.05, 3.63) is 48.0 Å². The number of benzene rings is 2. The number of hydrogen-bond acceptors (Lipinski definition) is 6. The Hall–Kier alpha value is -2.71. The standard InChI is InChI=1S/C17H15N3O3S2/c1-22-11-5-3-10(4-6-11)15(21)19-16(24)20-17-18-13-8-7-12(23-2)9-14(13)25-17/h3-9H,1-2H3,(H2,18,19,20,21,24). The van der Waals surface area contributed by atoms with E-state index < -0.39 is 0 Å². The van der Waals surface area contributed by atoms with Crippen LogP contribution in [-0.2, 0) is 0 Å². The first-order valence-electron chi connectivity index (χ1n) is 7.30. The lowest BCUT2D eigenvalue weighted by Crippen LogP contribution is -2.34. The van der Waals surface area contributed by atoms with E-state index in [0.717, 1.165) is 16.0 Å². The molecule has 6 nitrogen and oxygen atoms in total. The maximum absolute atomic E-state index is 12.2. The highest BCUT2D eigenvalue weighted by atomic mass is 32.1. The molecule has 0 fully saturated rings. The molecule has 25 heavy (non-hydrogen) atoms. The Bertz CT molecular complexity index is 923. The first-order chi connectivity index (χ1) is 12.1. The summed E-state index contributed by atoms with van der Waals surface area (Å²) in [5, 5.41) is 6.35. The zero-order chi connectivity index (χ0) is 17.8. The Labute approximate surface area is 153 Å². The van der Waals surface area contributed by atoms with Gasteiger partial charge in [-0.15, -0.1) is 0 Å². The van der Waals surface area contributed by atoms with Gasteiger partial charge in [-0.05, 0) is 54.7 Å². The number of carbonyl (C=O) groups excluding carboxylic acids is 1. The fraction of sp³-hybridized carbons (Fsp3) is 0.118. The van der Waals surface area contributed by atoms with Gasteiger partial charge >= 0.3 is 0 Å². The molecule has 2 aromatic carbocycles. The molecule has 3 rings (SSSR count). The average Bonchev–Trinajstić information content (AvgIpc) is 3.02. The van der Waals surface area contributed by atoms with Crippen LogP contribution in [0.4, 0.5) is 5.13 Å². The number of ether oxygens (including phenoxy) is 2. The van der Waals surface area contributed by atoms with Crippen molar-refractivity contribution >= 4 is 49.9 Å².